The minimum Gasteiger partial charge on any atom is -0.306 e. The van der Waals surface area contributed by atoms with E-state index in [2.05, 4.69) is 15.9 Å². The van der Waals surface area contributed by atoms with E-state index in [-0.39, 0.29) is 23.4 Å². The van der Waals surface area contributed by atoms with E-state index in [0.29, 0.717) is 4.47 Å². The van der Waals surface area contributed by atoms with Gasteiger partial charge in [-0.15, -0.1) is 20.2 Å². The Kier molecular flexibility index (Phi) is 6.48. The van der Waals surface area contributed by atoms with Gasteiger partial charge in [-0.1, -0.05) is 45.8 Å². The van der Waals surface area contributed by atoms with E-state index in [0.717, 1.165) is 9.87 Å². The van der Waals surface area contributed by atoms with Gasteiger partial charge in [-0.3, -0.25) is 0 Å². The second-order valence-corrected chi connectivity index (χ2v) is 9.81. The normalized spacial score (nSPS) is 21.9. The summed E-state index contributed by atoms with van der Waals surface area (Å²) in [6.07, 6.45) is -1.82. The quantitative estimate of drug-likeness (QED) is 0.404. The van der Waals surface area contributed by atoms with Crippen molar-refractivity contribution in [2.24, 2.45) is 0 Å². The summed E-state index contributed by atoms with van der Waals surface area (Å²) >= 11 is 3.26. The summed E-state index contributed by atoms with van der Waals surface area (Å²) < 4.78 is 27.8. The van der Waals surface area contributed by atoms with Crippen molar-refractivity contribution >= 4 is 26.0 Å². The van der Waals surface area contributed by atoms with Gasteiger partial charge in [0.05, 0.1) is 4.90 Å². The number of benzene rings is 2. The number of halogens is 1. The van der Waals surface area contributed by atoms with Crippen molar-refractivity contribution in [2.75, 3.05) is 13.1 Å². The summed E-state index contributed by atoms with van der Waals surface area (Å²) in [6, 6.07) is 12.3. The smallest absolute Gasteiger partial charge is 0.295 e. The monoisotopic (exact) mass is 515 g/mol. The number of hydrogen-bond donors (Lipinski definition) is 0. The Bertz CT molecular complexity index is 1080. The summed E-state index contributed by atoms with van der Waals surface area (Å²) in [5, 5.41) is 20.3. The molecule has 11 nitrogen and oxygen atoms in total. The zero-order valence-corrected chi connectivity index (χ0v) is 18.6. The van der Waals surface area contributed by atoms with Crippen molar-refractivity contribution in [3.05, 3.63) is 84.4 Å². The second kappa shape index (κ2) is 8.77. The molecule has 0 amide bonds. The molecule has 0 aliphatic carbocycles. The van der Waals surface area contributed by atoms with Gasteiger partial charge in [0.2, 0.25) is 10.0 Å². The van der Waals surface area contributed by atoms with Crippen molar-refractivity contribution in [1.29, 1.82) is 0 Å². The predicted octanol–water partition coefficient (Wildman–Crippen LogP) is 2.83. The van der Waals surface area contributed by atoms with Crippen LogP contribution in [0.25, 0.3) is 0 Å². The first-order valence-electron chi connectivity index (χ1n) is 9.02. The number of piperidine rings is 1. The third-order valence-corrected chi connectivity index (χ3v) is 7.47. The third kappa shape index (κ3) is 4.78. The van der Waals surface area contributed by atoms with Crippen LogP contribution in [0.4, 0.5) is 0 Å². The molecule has 31 heavy (non-hydrogen) atoms. The van der Waals surface area contributed by atoms with Gasteiger partial charge in [0, 0.05) is 17.6 Å². The van der Waals surface area contributed by atoms with Gasteiger partial charge < -0.3 is 9.68 Å². The molecule has 2 aromatic carbocycles. The second-order valence-electron chi connectivity index (χ2n) is 6.96. The first-order chi connectivity index (χ1) is 14.5. The number of nitrogens with zero attached hydrogens (tertiary/aromatic N) is 3. The fourth-order valence-electron chi connectivity index (χ4n) is 3.53. The predicted molar refractivity (Wildman–Crippen MR) is 110 cm³/mol. The summed E-state index contributed by atoms with van der Waals surface area (Å²) in [5.74, 6) is 0. The summed E-state index contributed by atoms with van der Waals surface area (Å²) in [4.78, 5) is 32.2. The molecular formula is C18H18BrN3O8S. The van der Waals surface area contributed by atoms with Crippen LogP contribution in [-0.2, 0) is 25.3 Å². The zero-order valence-electron chi connectivity index (χ0n) is 16.2. The van der Waals surface area contributed by atoms with E-state index < -0.39 is 38.4 Å². The van der Waals surface area contributed by atoms with Crippen LogP contribution in [0.2, 0.25) is 0 Å². The molecule has 0 N–H and O–H groups in total. The molecule has 2 atom stereocenters. The molecule has 1 fully saturated rings. The Labute approximate surface area is 186 Å². The van der Waals surface area contributed by atoms with Gasteiger partial charge in [-0.05, 0) is 43.2 Å². The number of hydrogen-bond acceptors (Lipinski definition) is 8. The third-order valence-electron chi connectivity index (χ3n) is 5.06. The maximum absolute atomic E-state index is 13.1. The average Bonchev–Trinajstić information content (AvgIpc) is 2.69. The molecule has 166 valence electrons. The summed E-state index contributed by atoms with van der Waals surface area (Å²) in [6.45, 7) is 1.12. The first-order valence-corrected chi connectivity index (χ1v) is 11.3. The van der Waals surface area contributed by atoms with E-state index in [1.54, 1.807) is 31.2 Å². The molecule has 2 aromatic rings. The maximum atomic E-state index is 13.1. The van der Waals surface area contributed by atoms with Crippen LogP contribution in [0.5, 0.6) is 0 Å². The lowest BCUT2D eigenvalue weighted by atomic mass is 9.82. The Morgan fingerprint density at radius 1 is 1.06 bits per heavy atom. The lowest BCUT2D eigenvalue weighted by molar-refractivity contribution is -0.814. The van der Waals surface area contributed by atoms with Crippen LogP contribution in [0.15, 0.2) is 57.9 Å². The van der Waals surface area contributed by atoms with Gasteiger partial charge in [0.25, 0.3) is 10.2 Å². The molecule has 0 spiro atoms. The van der Waals surface area contributed by atoms with Crippen LogP contribution in [-0.4, -0.2) is 42.1 Å². The Hall–Kier alpha value is -2.77. The highest BCUT2D eigenvalue weighted by Crippen LogP contribution is 2.40. The topological polar surface area (TPSA) is 142 Å². The van der Waals surface area contributed by atoms with Crippen molar-refractivity contribution in [3.63, 3.8) is 0 Å². The highest BCUT2D eigenvalue weighted by Gasteiger charge is 2.52. The SMILES string of the molecule is Cc1ccc(S(=O)(=O)N2CC[C@@](O[N+](=O)[O-])(c3ccc(Br)cc3)[C@@H](O[N+](=O)[O-])C2)cc1. The molecule has 13 heteroatoms. The minimum atomic E-state index is -4.02. The molecule has 3 rings (SSSR count). The van der Waals surface area contributed by atoms with Gasteiger partial charge in [0.1, 0.15) is 0 Å². The van der Waals surface area contributed by atoms with Crippen molar-refractivity contribution in [2.45, 2.75) is 29.9 Å². The largest absolute Gasteiger partial charge is 0.306 e. The molecule has 1 saturated heterocycles. The Balaban J connectivity index is 2.02. The van der Waals surface area contributed by atoms with Crippen molar-refractivity contribution in [3.8, 4) is 0 Å². The van der Waals surface area contributed by atoms with Gasteiger partial charge >= 0.3 is 0 Å². The molecule has 1 heterocycles. The molecule has 0 aromatic heterocycles. The van der Waals surface area contributed by atoms with E-state index in [4.69, 9.17) is 9.68 Å². The highest BCUT2D eigenvalue weighted by molar-refractivity contribution is 9.10. The van der Waals surface area contributed by atoms with Crippen LogP contribution in [0.1, 0.15) is 17.5 Å². The lowest BCUT2D eigenvalue weighted by Gasteiger charge is -2.44. The fraction of sp³-hybridized carbons (Fsp3) is 0.333. The van der Waals surface area contributed by atoms with E-state index in [9.17, 15) is 28.6 Å². The van der Waals surface area contributed by atoms with Gasteiger partial charge in [-0.25, -0.2) is 8.42 Å². The number of sulfonamides is 1. The van der Waals surface area contributed by atoms with Crippen molar-refractivity contribution < 1.29 is 28.3 Å². The molecule has 1 aliphatic heterocycles. The van der Waals surface area contributed by atoms with Crippen LogP contribution in [0.3, 0.4) is 0 Å². The highest BCUT2D eigenvalue weighted by atomic mass is 79.9. The molecule has 0 radical (unpaired) electrons. The molecule has 0 saturated carbocycles. The van der Waals surface area contributed by atoms with E-state index in [1.807, 2.05) is 0 Å². The molecule has 0 bridgehead atoms. The van der Waals surface area contributed by atoms with Crippen LogP contribution >= 0.6 is 15.9 Å². The Morgan fingerprint density at radius 3 is 2.23 bits per heavy atom. The van der Waals surface area contributed by atoms with Crippen molar-refractivity contribution in [1.82, 2.24) is 4.31 Å². The van der Waals surface area contributed by atoms with E-state index in [1.165, 1.54) is 24.3 Å². The molecule has 0 unspecified atom stereocenters. The maximum Gasteiger partial charge on any atom is 0.295 e. The fourth-order valence-corrected chi connectivity index (χ4v) is 5.23. The lowest BCUT2D eigenvalue weighted by Crippen LogP contribution is -2.58. The van der Waals surface area contributed by atoms with Crippen LogP contribution in [0, 0.1) is 27.2 Å². The summed E-state index contributed by atoms with van der Waals surface area (Å²) in [5.41, 5.74) is -0.747. The average molecular weight is 516 g/mol. The number of aryl methyl sites for hydroxylation is 1. The zero-order chi connectivity index (χ0) is 22.8. The van der Waals surface area contributed by atoms with Crippen LogP contribution < -0.4 is 0 Å². The van der Waals surface area contributed by atoms with Gasteiger partial charge in [0.15, 0.2) is 11.7 Å². The first kappa shape index (κ1) is 22.9. The minimum absolute atomic E-state index is 0.00397. The standard InChI is InChI=1S/C18H18BrN3O8S/c1-13-2-8-16(9-3-13)31(27,28)20-11-10-18(30-22(25)26,17(12-20)29-21(23)24)14-4-6-15(19)7-5-14/h2-9,17H,10-12H2,1H3/t17-,18+/m0/s1. The summed E-state index contributed by atoms with van der Waals surface area (Å²) in [7, 11) is -4.02. The van der Waals surface area contributed by atoms with E-state index >= 15 is 0 Å². The van der Waals surface area contributed by atoms with Gasteiger partial charge in [-0.2, -0.15) is 4.31 Å². The molecular weight excluding hydrogens is 498 g/mol. The molecule has 1 aliphatic rings. The Morgan fingerprint density at radius 2 is 1.68 bits per heavy atom. The number of rotatable bonds is 7.